The quantitative estimate of drug-likeness (QED) is 0.385. The van der Waals surface area contributed by atoms with Gasteiger partial charge in [-0.05, 0) is 29.6 Å². The second-order valence-electron chi connectivity index (χ2n) is 3.22. The fourth-order valence-electron chi connectivity index (χ4n) is 1.64. The fraction of sp³-hybridized carbons (Fsp3) is 0.500. The molecule has 1 atom stereocenters. The molecule has 0 saturated heterocycles. The van der Waals surface area contributed by atoms with Gasteiger partial charge >= 0.3 is 0 Å². The summed E-state index contributed by atoms with van der Waals surface area (Å²) in [7, 11) is 2.04. The van der Waals surface area contributed by atoms with Gasteiger partial charge in [-0.15, -0.1) is 11.3 Å². The summed E-state index contributed by atoms with van der Waals surface area (Å²) < 4.78 is 0. The molecular weight excluding hydrogens is 184 g/mol. The van der Waals surface area contributed by atoms with Gasteiger partial charge in [-0.1, -0.05) is 5.11 Å². The van der Waals surface area contributed by atoms with Crippen LogP contribution >= 0.6 is 11.3 Å². The lowest BCUT2D eigenvalue weighted by Crippen LogP contribution is -2.28. The van der Waals surface area contributed by atoms with E-state index in [1.807, 2.05) is 7.05 Å². The first-order chi connectivity index (χ1) is 6.31. The highest BCUT2D eigenvalue weighted by Gasteiger charge is 2.22. The number of thiophene rings is 1. The van der Waals surface area contributed by atoms with Crippen molar-refractivity contribution < 1.29 is 0 Å². The van der Waals surface area contributed by atoms with Gasteiger partial charge in [0, 0.05) is 22.9 Å². The minimum atomic E-state index is 0.00463. The lowest BCUT2D eigenvalue weighted by Gasteiger charge is -2.26. The zero-order chi connectivity index (χ0) is 9.26. The van der Waals surface area contributed by atoms with E-state index in [4.69, 9.17) is 5.53 Å². The van der Waals surface area contributed by atoms with Crippen molar-refractivity contribution in [1.29, 1.82) is 0 Å². The Morgan fingerprint density at radius 1 is 1.77 bits per heavy atom. The third-order valence-electron chi connectivity index (χ3n) is 2.23. The predicted octanol–water partition coefficient (Wildman–Crippen LogP) is 2.54. The molecule has 0 aliphatic carbocycles. The lowest BCUT2D eigenvalue weighted by atomic mass is 10.0. The molecule has 5 heteroatoms. The SMILES string of the molecule is CN1Cc2sccc2C(N=[N+]=[N-])C1. The van der Waals surface area contributed by atoms with E-state index in [1.54, 1.807) is 11.3 Å². The summed E-state index contributed by atoms with van der Waals surface area (Å²) in [5.74, 6) is 0. The van der Waals surface area contributed by atoms with Crippen LogP contribution in [-0.4, -0.2) is 18.5 Å². The average molecular weight is 194 g/mol. The third kappa shape index (κ3) is 1.54. The number of fused-ring (bicyclic) bond motifs is 1. The first-order valence-corrected chi connectivity index (χ1v) is 4.98. The summed E-state index contributed by atoms with van der Waals surface area (Å²) in [6.07, 6.45) is 0. The maximum atomic E-state index is 8.41. The van der Waals surface area contributed by atoms with E-state index >= 15 is 0 Å². The standard InChI is InChI=1S/C8H10N4S/c1-12-4-7(10-11-9)6-2-3-13-8(6)5-12/h2-3,7H,4-5H2,1H3. The summed E-state index contributed by atoms with van der Waals surface area (Å²) in [6, 6.07) is 2.07. The highest BCUT2D eigenvalue weighted by molar-refractivity contribution is 7.10. The van der Waals surface area contributed by atoms with Gasteiger partial charge in [0.15, 0.2) is 0 Å². The van der Waals surface area contributed by atoms with Gasteiger partial charge in [0.2, 0.25) is 0 Å². The van der Waals surface area contributed by atoms with Crippen LogP contribution in [0.15, 0.2) is 16.6 Å². The number of hydrogen-bond acceptors (Lipinski definition) is 3. The van der Waals surface area contributed by atoms with Crippen molar-refractivity contribution in [2.75, 3.05) is 13.6 Å². The molecular formula is C8H10N4S. The van der Waals surface area contributed by atoms with E-state index < -0.39 is 0 Å². The van der Waals surface area contributed by atoms with Gasteiger partial charge in [0.1, 0.15) is 0 Å². The average Bonchev–Trinajstić information content (AvgIpc) is 2.52. The molecule has 1 aliphatic rings. The summed E-state index contributed by atoms with van der Waals surface area (Å²) in [5, 5.41) is 5.85. The largest absolute Gasteiger partial charge is 0.301 e. The lowest BCUT2D eigenvalue weighted by molar-refractivity contribution is 0.287. The van der Waals surface area contributed by atoms with Crippen molar-refractivity contribution in [2.24, 2.45) is 5.11 Å². The Bertz CT molecular complexity index is 353. The molecule has 0 saturated carbocycles. The minimum Gasteiger partial charge on any atom is -0.301 e. The number of likely N-dealkylation sites (N-methyl/N-ethyl adjacent to an activating group) is 1. The highest BCUT2D eigenvalue weighted by Crippen LogP contribution is 2.32. The minimum absolute atomic E-state index is 0.00463. The molecule has 2 rings (SSSR count). The van der Waals surface area contributed by atoms with E-state index in [0.717, 1.165) is 13.1 Å². The van der Waals surface area contributed by atoms with Crippen molar-refractivity contribution >= 4 is 11.3 Å². The normalized spacial score (nSPS) is 22.1. The van der Waals surface area contributed by atoms with E-state index in [2.05, 4.69) is 26.4 Å². The predicted molar refractivity (Wildman–Crippen MR) is 52.5 cm³/mol. The molecule has 0 fully saturated rings. The van der Waals surface area contributed by atoms with E-state index in [0.29, 0.717) is 0 Å². The maximum absolute atomic E-state index is 8.41. The van der Waals surface area contributed by atoms with Crippen LogP contribution in [0.2, 0.25) is 0 Å². The Morgan fingerprint density at radius 3 is 3.38 bits per heavy atom. The molecule has 1 aliphatic heterocycles. The smallest absolute Gasteiger partial charge is 0.0763 e. The summed E-state index contributed by atoms with van der Waals surface area (Å²) in [4.78, 5) is 6.38. The Balaban J connectivity index is 2.37. The number of hydrogen-bond donors (Lipinski definition) is 0. The van der Waals surface area contributed by atoms with Crippen LogP contribution in [0.25, 0.3) is 10.4 Å². The van der Waals surface area contributed by atoms with Crippen molar-refractivity contribution in [1.82, 2.24) is 4.90 Å². The molecule has 1 unspecified atom stereocenters. The van der Waals surface area contributed by atoms with Gasteiger partial charge in [0.25, 0.3) is 0 Å². The molecule has 2 heterocycles. The fourth-order valence-corrected chi connectivity index (χ4v) is 2.65. The second-order valence-corrected chi connectivity index (χ2v) is 4.22. The van der Waals surface area contributed by atoms with Crippen LogP contribution in [0.1, 0.15) is 16.5 Å². The van der Waals surface area contributed by atoms with E-state index in [9.17, 15) is 0 Å². The van der Waals surface area contributed by atoms with Crippen LogP contribution in [0.4, 0.5) is 0 Å². The molecule has 1 aromatic heterocycles. The van der Waals surface area contributed by atoms with Crippen LogP contribution in [0.5, 0.6) is 0 Å². The van der Waals surface area contributed by atoms with Crippen molar-refractivity contribution in [3.05, 3.63) is 32.3 Å². The Morgan fingerprint density at radius 2 is 2.62 bits per heavy atom. The summed E-state index contributed by atoms with van der Waals surface area (Å²) in [6.45, 7) is 1.80. The second kappa shape index (κ2) is 3.38. The number of nitrogens with zero attached hydrogens (tertiary/aromatic N) is 4. The number of rotatable bonds is 1. The van der Waals surface area contributed by atoms with Crippen molar-refractivity contribution in [3.8, 4) is 0 Å². The van der Waals surface area contributed by atoms with E-state index in [-0.39, 0.29) is 6.04 Å². The molecule has 68 valence electrons. The maximum Gasteiger partial charge on any atom is 0.0763 e. The van der Waals surface area contributed by atoms with Crippen LogP contribution in [0.3, 0.4) is 0 Å². The van der Waals surface area contributed by atoms with Crippen LogP contribution < -0.4 is 0 Å². The summed E-state index contributed by atoms with van der Waals surface area (Å²) >= 11 is 1.73. The third-order valence-corrected chi connectivity index (χ3v) is 3.15. The van der Waals surface area contributed by atoms with E-state index in [1.165, 1.54) is 10.4 Å². The zero-order valence-electron chi connectivity index (χ0n) is 7.34. The Labute approximate surface area is 80.4 Å². The Kier molecular flexibility index (Phi) is 2.22. The Hall–Kier alpha value is -1.03. The molecule has 0 spiro atoms. The van der Waals surface area contributed by atoms with Crippen molar-refractivity contribution in [3.63, 3.8) is 0 Å². The molecule has 0 bridgehead atoms. The van der Waals surface area contributed by atoms with Crippen LogP contribution in [0, 0.1) is 0 Å². The molecule has 1 aromatic rings. The monoisotopic (exact) mass is 194 g/mol. The molecule has 4 nitrogen and oxygen atoms in total. The summed E-state index contributed by atoms with van der Waals surface area (Å²) in [5.41, 5.74) is 9.62. The molecule has 13 heavy (non-hydrogen) atoms. The van der Waals surface area contributed by atoms with Crippen molar-refractivity contribution in [2.45, 2.75) is 12.6 Å². The van der Waals surface area contributed by atoms with Gasteiger partial charge in [-0.25, -0.2) is 0 Å². The zero-order valence-corrected chi connectivity index (χ0v) is 8.16. The molecule has 0 aromatic carbocycles. The van der Waals surface area contributed by atoms with Gasteiger partial charge in [0.05, 0.1) is 6.04 Å². The first-order valence-electron chi connectivity index (χ1n) is 4.10. The highest BCUT2D eigenvalue weighted by atomic mass is 32.1. The first kappa shape index (κ1) is 8.56. The van der Waals surface area contributed by atoms with Gasteiger partial charge in [-0.3, -0.25) is 0 Å². The molecule has 0 N–H and O–H groups in total. The van der Waals surface area contributed by atoms with Gasteiger partial charge in [-0.2, -0.15) is 0 Å². The van der Waals surface area contributed by atoms with Crippen LogP contribution in [-0.2, 0) is 6.54 Å². The van der Waals surface area contributed by atoms with Gasteiger partial charge < -0.3 is 4.90 Å². The molecule has 0 radical (unpaired) electrons. The topological polar surface area (TPSA) is 52.0 Å². The number of azide groups is 1. The molecule has 0 amide bonds.